The molecule has 2 fully saturated rings. The van der Waals surface area contributed by atoms with Gasteiger partial charge in [-0.05, 0) is 18.3 Å². The topological polar surface area (TPSA) is 0 Å². The lowest BCUT2D eigenvalue weighted by molar-refractivity contribution is 0.735. The summed E-state index contributed by atoms with van der Waals surface area (Å²) in [5.74, 6) is 2.43. The molecule has 2 saturated carbocycles. The highest BCUT2D eigenvalue weighted by Crippen LogP contribution is 2.51. The summed E-state index contributed by atoms with van der Waals surface area (Å²) < 4.78 is 0. The summed E-state index contributed by atoms with van der Waals surface area (Å²) in [6, 6.07) is 0. The van der Waals surface area contributed by atoms with Crippen molar-refractivity contribution >= 4 is 0 Å². The van der Waals surface area contributed by atoms with Crippen molar-refractivity contribution in [3.63, 3.8) is 0 Å². The quantitative estimate of drug-likeness (QED) is 0.467. The molecule has 0 spiro atoms. The average Bonchev–Trinajstić information content (AvgIpc) is 2.43. The van der Waals surface area contributed by atoms with Gasteiger partial charge in [-0.15, -0.1) is 0 Å². The van der Waals surface area contributed by atoms with E-state index in [0.29, 0.717) is 0 Å². The van der Waals surface area contributed by atoms with Gasteiger partial charge >= 0.3 is 0 Å². The third kappa shape index (κ3) is 2.00. The first-order valence-electron chi connectivity index (χ1n) is 4.38. The van der Waals surface area contributed by atoms with Gasteiger partial charge in [-0.2, -0.15) is 0 Å². The van der Waals surface area contributed by atoms with Crippen molar-refractivity contribution in [2.75, 3.05) is 0 Å². The van der Waals surface area contributed by atoms with Crippen molar-refractivity contribution in [2.24, 2.45) is 11.8 Å². The Hall–Kier alpha value is 0. The standard InChI is InChI=1S/C6H10.C3H8/c1-2-5-4-6(5)3-1;1-3-2/h5-6H,1-4H2;3H2,1-2H3. The van der Waals surface area contributed by atoms with Gasteiger partial charge in [-0.25, -0.2) is 0 Å². The molecule has 0 heterocycles. The minimum Gasteiger partial charge on any atom is -0.0656 e. The minimum absolute atomic E-state index is 1.21. The molecule has 0 heteroatoms. The average molecular weight is 126 g/mol. The van der Waals surface area contributed by atoms with Gasteiger partial charge in [0.2, 0.25) is 0 Å². The third-order valence-electron chi connectivity index (χ3n) is 2.22. The molecule has 2 aliphatic rings. The first-order chi connectivity index (χ1) is 4.38. The summed E-state index contributed by atoms with van der Waals surface area (Å²) in [6.07, 6.45) is 7.49. The molecule has 0 aromatic carbocycles. The maximum atomic E-state index is 2.12. The van der Waals surface area contributed by atoms with Crippen LogP contribution in [0.15, 0.2) is 0 Å². The van der Waals surface area contributed by atoms with E-state index in [1.165, 1.54) is 24.7 Å². The van der Waals surface area contributed by atoms with E-state index in [1.807, 2.05) is 0 Å². The predicted molar refractivity (Wildman–Crippen MR) is 41.4 cm³/mol. The molecule has 0 radical (unpaired) electrons. The SMILES string of the molecule is C1CC2CC2C1.CCC. The summed E-state index contributed by atoms with van der Waals surface area (Å²) in [7, 11) is 0. The van der Waals surface area contributed by atoms with Gasteiger partial charge in [-0.1, -0.05) is 39.5 Å². The van der Waals surface area contributed by atoms with E-state index in [4.69, 9.17) is 0 Å². The van der Waals surface area contributed by atoms with Crippen LogP contribution < -0.4 is 0 Å². The van der Waals surface area contributed by atoms with Crippen LogP contribution in [-0.2, 0) is 0 Å². The molecule has 54 valence electrons. The largest absolute Gasteiger partial charge is 0.0656 e. The van der Waals surface area contributed by atoms with Gasteiger partial charge in [0.05, 0.1) is 0 Å². The molecule has 0 aromatic heterocycles. The van der Waals surface area contributed by atoms with E-state index in [9.17, 15) is 0 Å². The van der Waals surface area contributed by atoms with Crippen LogP contribution in [0.1, 0.15) is 46.0 Å². The Kier molecular flexibility index (Phi) is 2.56. The van der Waals surface area contributed by atoms with E-state index in [1.54, 1.807) is 19.3 Å². The maximum Gasteiger partial charge on any atom is -0.0383 e. The predicted octanol–water partition coefficient (Wildman–Crippen LogP) is 3.22. The molecule has 2 unspecified atom stereocenters. The molecule has 0 amide bonds. The van der Waals surface area contributed by atoms with Gasteiger partial charge in [-0.3, -0.25) is 0 Å². The lowest BCUT2D eigenvalue weighted by Gasteiger charge is -1.80. The fourth-order valence-electron chi connectivity index (χ4n) is 1.66. The van der Waals surface area contributed by atoms with E-state index < -0.39 is 0 Å². The van der Waals surface area contributed by atoms with Crippen LogP contribution >= 0.6 is 0 Å². The Bertz CT molecular complexity index is 68.1. The Labute approximate surface area is 58.7 Å². The fourth-order valence-corrected chi connectivity index (χ4v) is 1.66. The molecule has 0 N–H and O–H groups in total. The molecule has 9 heavy (non-hydrogen) atoms. The Morgan fingerprint density at radius 1 is 1.11 bits per heavy atom. The second-order valence-corrected chi connectivity index (χ2v) is 3.39. The fraction of sp³-hybridized carbons (Fsp3) is 1.00. The second-order valence-electron chi connectivity index (χ2n) is 3.39. The summed E-state index contributed by atoms with van der Waals surface area (Å²) in [5, 5.41) is 0. The molecular weight excluding hydrogens is 108 g/mol. The van der Waals surface area contributed by atoms with E-state index in [-0.39, 0.29) is 0 Å². The van der Waals surface area contributed by atoms with Crippen LogP contribution in [0.2, 0.25) is 0 Å². The Morgan fingerprint density at radius 2 is 1.56 bits per heavy atom. The third-order valence-corrected chi connectivity index (χ3v) is 2.22. The van der Waals surface area contributed by atoms with Crippen LogP contribution in [0.5, 0.6) is 0 Å². The second kappa shape index (κ2) is 3.24. The summed E-state index contributed by atoms with van der Waals surface area (Å²) in [5.41, 5.74) is 0. The van der Waals surface area contributed by atoms with Crippen LogP contribution in [0.25, 0.3) is 0 Å². The molecule has 0 saturated heterocycles. The van der Waals surface area contributed by atoms with Crippen molar-refractivity contribution in [3.05, 3.63) is 0 Å². The number of rotatable bonds is 0. The summed E-state index contributed by atoms with van der Waals surface area (Å²) in [6.45, 7) is 4.25. The highest BCUT2D eigenvalue weighted by molar-refractivity contribution is 4.91. The smallest absolute Gasteiger partial charge is 0.0383 e. The molecule has 2 aliphatic carbocycles. The monoisotopic (exact) mass is 126 g/mol. The molecule has 0 aromatic rings. The first-order valence-corrected chi connectivity index (χ1v) is 4.38. The van der Waals surface area contributed by atoms with Crippen molar-refractivity contribution in [2.45, 2.75) is 46.0 Å². The summed E-state index contributed by atoms with van der Waals surface area (Å²) in [4.78, 5) is 0. The number of hydrogen-bond acceptors (Lipinski definition) is 0. The highest BCUT2D eigenvalue weighted by Gasteiger charge is 2.40. The molecule has 2 rings (SSSR count). The van der Waals surface area contributed by atoms with Crippen molar-refractivity contribution < 1.29 is 0 Å². The van der Waals surface area contributed by atoms with Crippen molar-refractivity contribution in [1.29, 1.82) is 0 Å². The molecule has 2 atom stereocenters. The first kappa shape index (κ1) is 7.11. The Balaban J connectivity index is 0.000000120. The lowest BCUT2D eigenvalue weighted by atomic mass is 10.3. The molecule has 0 nitrogen and oxygen atoms in total. The van der Waals surface area contributed by atoms with Crippen LogP contribution in [-0.4, -0.2) is 0 Å². The van der Waals surface area contributed by atoms with E-state index in [2.05, 4.69) is 13.8 Å². The minimum atomic E-state index is 1.21. The van der Waals surface area contributed by atoms with Gasteiger partial charge < -0.3 is 0 Å². The molecule has 0 aliphatic heterocycles. The van der Waals surface area contributed by atoms with Gasteiger partial charge in [0.1, 0.15) is 0 Å². The van der Waals surface area contributed by atoms with Crippen LogP contribution in [0, 0.1) is 11.8 Å². The molecular formula is C9H18. The molecule has 0 bridgehead atoms. The number of hydrogen-bond donors (Lipinski definition) is 0. The van der Waals surface area contributed by atoms with Gasteiger partial charge in [0.25, 0.3) is 0 Å². The zero-order valence-corrected chi connectivity index (χ0v) is 6.69. The van der Waals surface area contributed by atoms with Crippen molar-refractivity contribution in [3.8, 4) is 0 Å². The normalized spacial score (nSPS) is 36.7. The Morgan fingerprint density at radius 3 is 1.67 bits per heavy atom. The van der Waals surface area contributed by atoms with Gasteiger partial charge in [0, 0.05) is 0 Å². The lowest BCUT2D eigenvalue weighted by Crippen LogP contribution is -1.64. The van der Waals surface area contributed by atoms with Crippen LogP contribution in [0.3, 0.4) is 0 Å². The van der Waals surface area contributed by atoms with Crippen molar-refractivity contribution in [1.82, 2.24) is 0 Å². The zero-order chi connectivity index (χ0) is 6.69. The van der Waals surface area contributed by atoms with E-state index in [0.717, 1.165) is 0 Å². The van der Waals surface area contributed by atoms with Crippen LogP contribution in [0.4, 0.5) is 0 Å². The van der Waals surface area contributed by atoms with Gasteiger partial charge in [0.15, 0.2) is 0 Å². The van der Waals surface area contributed by atoms with E-state index >= 15 is 0 Å². The maximum absolute atomic E-state index is 2.12. The summed E-state index contributed by atoms with van der Waals surface area (Å²) >= 11 is 0. The number of fused-ring (bicyclic) bond motifs is 1. The highest BCUT2D eigenvalue weighted by atomic mass is 14.5. The zero-order valence-electron chi connectivity index (χ0n) is 6.69.